The first-order chi connectivity index (χ1) is 11.9. The lowest BCUT2D eigenvalue weighted by Gasteiger charge is -2.10. The molecule has 0 bridgehead atoms. The minimum absolute atomic E-state index is 0.0641. The second-order valence-electron chi connectivity index (χ2n) is 5.39. The van der Waals surface area contributed by atoms with Crippen LogP contribution in [0.3, 0.4) is 0 Å². The third-order valence-electron chi connectivity index (χ3n) is 3.68. The average molecular weight is 364 g/mol. The predicted molar refractivity (Wildman–Crippen MR) is 94.0 cm³/mol. The molecule has 0 aliphatic heterocycles. The zero-order valence-electron chi connectivity index (χ0n) is 13.1. The molecule has 128 valence electrons. The molecule has 2 aromatic carbocycles. The van der Waals surface area contributed by atoms with E-state index in [1.807, 2.05) is 42.5 Å². The number of hydrogen-bond donors (Lipinski definition) is 1. The van der Waals surface area contributed by atoms with Crippen molar-refractivity contribution in [1.29, 1.82) is 0 Å². The molecule has 0 aliphatic rings. The zero-order valence-corrected chi connectivity index (χ0v) is 13.9. The molecule has 3 aromatic rings. The van der Waals surface area contributed by atoms with E-state index in [1.54, 1.807) is 6.92 Å². The predicted octanol–water partition coefficient (Wildman–Crippen LogP) is 5.74. The van der Waals surface area contributed by atoms with Crippen LogP contribution in [0, 0.1) is 0 Å². The molecule has 0 saturated heterocycles. The largest absolute Gasteiger partial charge is 0.417 e. The maximum atomic E-state index is 12.6. The molecule has 3 rings (SSSR count). The highest BCUT2D eigenvalue weighted by atomic mass is 35.5. The van der Waals surface area contributed by atoms with Gasteiger partial charge in [-0.15, -0.1) is 0 Å². The van der Waals surface area contributed by atoms with Gasteiger partial charge in [-0.05, 0) is 23.8 Å². The molecule has 0 saturated carbocycles. The molecule has 0 radical (unpaired) electrons. The van der Waals surface area contributed by atoms with E-state index >= 15 is 0 Å². The molecular weight excluding hydrogens is 351 g/mol. The summed E-state index contributed by atoms with van der Waals surface area (Å²) in [5, 5.41) is 6.15. The van der Waals surface area contributed by atoms with E-state index in [1.165, 1.54) is 0 Å². The summed E-state index contributed by atoms with van der Waals surface area (Å²) >= 11 is 5.87. The van der Waals surface area contributed by atoms with Gasteiger partial charge in [0.05, 0.1) is 16.3 Å². The van der Waals surface area contributed by atoms with Gasteiger partial charge < -0.3 is 0 Å². The summed E-state index contributed by atoms with van der Waals surface area (Å²) in [5.74, 6) is 0.0641. The molecular formula is C18H13ClF3N3. The first kappa shape index (κ1) is 17.2. The van der Waals surface area contributed by atoms with Gasteiger partial charge in [0, 0.05) is 11.8 Å². The Labute approximate surface area is 147 Å². The normalized spacial score (nSPS) is 12.4. The van der Waals surface area contributed by atoms with Crippen LogP contribution < -0.4 is 5.43 Å². The molecule has 0 aliphatic carbocycles. The van der Waals surface area contributed by atoms with Gasteiger partial charge in [-0.1, -0.05) is 54.1 Å². The highest BCUT2D eigenvalue weighted by Gasteiger charge is 2.31. The highest BCUT2D eigenvalue weighted by molar-refractivity contribution is 6.33. The molecule has 1 N–H and O–H groups in total. The van der Waals surface area contributed by atoms with Gasteiger partial charge in [0.1, 0.15) is 0 Å². The lowest BCUT2D eigenvalue weighted by atomic mass is 10.0. The Balaban J connectivity index is 1.89. The maximum absolute atomic E-state index is 12.6. The highest BCUT2D eigenvalue weighted by Crippen LogP contribution is 2.32. The number of benzene rings is 2. The van der Waals surface area contributed by atoms with E-state index in [2.05, 4.69) is 15.5 Å². The fourth-order valence-corrected chi connectivity index (χ4v) is 2.62. The third kappa shape index (κ3) is 3.74. The van der Waals surface area contributed by atoms with Crippen LogP contribution in [0.4, 0.5) is 19.0 Å². The van der Waals surface area contributed by atoms with Crippen LogP contribution in [0.1, 0.15) is 18.1 Å². The van der Waals surface area contributed by atoms with Crippen LogP contribution in [-0.4, -0.2) is 10.7 Å². The summed E-state index contributed by atoms with van der Waals surface area (Å²) in [4.78, 5) is 3.70. The molecule has 0 fully saturated rings. The fourth-order valence-electron chi connectivity index (χ4n) is 2.41. The summed E-state index contributed by atoms with van der Waals surface area (Å²) in [6, 6.07) is 14.5. The van der Waals surface area contributed by atoms with E-state index < -0.39 is 11.7 Å². The number of pyridine rings is 1. The molecule has 0 atom stereocenters. The summed E-state index contributed by atoms with van der Waals surface area (Å²) in [6.07, 6.45) is -3.77. The van der Waals surface area contributed by atoms with Crippen molar-refractivity contribution in [3.8, 4) is 0 Å². The average Bonchev–Trinajstić information content (AvgIpc) is 2.59. The summed E-state index contributed by atoms with van der Waals surface area (Å²) in [5.41, 5.74) is 3.30. The first-order valence-corrected chi connectivity index (χ1v) is 7.75. The molecule has 25 heavy (non-hydrogen) atoms. The van der Waals surface area contributed by atoms with Crippen molar-refractivity contribution in [3.05, 3.63) is 70.9 Å². The molecule has 1 heterocycles. The van der Waals surface area contributed by atoms with Gasteiger partial charge in [-0.25, -0.2) is 4.98 Å². The van der Waals surface area contributed by atoms with Gasteiger partial charge in [0.15, 0.2) is 5.82 Å². The van der Waals surface area contributed by atoms with E-state index in [4.69, 9.17) is 11.6 Å². The quantitative estimate of drug-likeness (QED) is 0.475. The maximum Gasteiger partial charge on any atom is 0.417 e. The number of nitrogens with one attached hydrogen (secondary N) is 1. The molecule has 0 amide bonds. The molecule has 0 unspecified atom stereocenters. The van der Waals surface area contributed by atoms with Crippen molar-refractivity contribution in [2.75, 3.05) is 5.43 Å². The number of aromatic nitrogens is 1. The van der Waals surface area contributed by atoms with Crippen molar-refractivity contribution >= 4 is 33.9 Å². The van der Waals surface area contributed by atoms with Crippen LogP contribution in [-0.2, 0) is 6.18 Å². The monoisotopic (exact) mass is 363 g/mol. The van der Waals surface area contributed by atoms with Crippen LogP contribution in [0.2, 0.25) is 5.02 Å². The van der Waals surface area contributed by atoms with E-state index in [0.29, 0.717) is 5.71 Å². The standard InChI is InChI=1S/C18H13ClF3N3/c1-11(14-8-4-6-12-5-2-3-7-15(12)14)24-25-17-16(19)9-13(10-23-17)18(20,21)22/h2-10H,1H3,(H,23,25). The van der Waals surface area contributed by atoms with Crippen LogP contribution in [0.25, 0.3) is 10.8 Å². The molecule has 0 spiro atoms. The van der Waals surface area contributed by atoms with Gasteiger partial charge in [-0.3, -0.25) is 5.43 Å². The van der Waals surface area contributed by atoms with Gasteiger partial charge >= 0.3 is 6.18 Å². The van der Waals surface area contributed by atoms with Crippen LogP contribution in [0.5, 0.6) is 0 Å². The Bertz CT molecular complexity index is 946. The topological polar surface area (TPSA) is 37.3 Å². The van der Waals surface area contributed by atoms with Crippen molar-refractivity contribution in [2.45, 2.75) is 13.1 Å². The smallest absolute Gasteiger partial charge is 0.260 e. The van der Waals surface area contributed by atoms with E-state index in [9.17, 15) is 13.2 Å². The Kier molecular flexibility index (Phi) is 4.63. The van der Waals surface area contributed by atoms with Gasteiger partial charge in [0.2, 0.25) is 0 Å². The van der Waals surface area contributed by atoms with Crippen LogP contribution in [0.15, 0.2) is 59.8 Å². The first-order valence-electron chi connectivity index (χ1n) is 7.37. The molecule has 1 aromatic heterocycles. The number of alkyl halides is 3. The molecule has 3 nitrogen and oxygen atoms in total. The Morgan fingerprint density at radius 3 is 2.56 bits per heavy atom. The Hall–Kier alpha value is -2.60. The van der Waals surface area contributed by atoms with Gasteiger partial charge in [-0.2, -0.15) is 18.3 Å². The number of hydrogen-bond acceptors (Lipinski definition) is 3. The Morgan fingerprint density at radius 1 is 1.12 bits per heavy atom. The Morgan fingerprint density at radius 2 is 1.84 bits per heavy atom. The SMILES string of the molecule is CC(=NNc1ncc(C(F)(F)F)cc1Cl)c1cccc2ccccc12. The van der Waals surface area contributed by atoms with Crippen molar-refractivity contribution < 1.29 is 13.2 Å². The van der Waals surface area contributed by atoms with Crippen molar-refractivity contribution in [1.82, 2.24) is 4.98 Å². The fraction of sp³-hybridized carbons (Fsp3) is 0.111. The summed E-state index contributed by atoms with van der Waals surface area (Å²) in [7, 11) is 0. The molecule has 7 heteroatoms. The lowest BCUT2D eigenvalue weighted by molar-refractivity contribution is -0.137. The van der Waals surface area contributed by atoms with E-state index in [0.717, 1.165) is 28.6 Å². The lowest BCUT2D eigenvalue weighted by Crippen LogP contribution is -2.07. The summed E-state index contributed by atoms with van der Waals surface area (Å²) < 4.78 is 37.9. The number of rotatable bonds is 3. The van der Waals surface area contributed by atoms with Gasteiger partial charge in [0.25, 0.3) is 0 Å². The zero-order chi connectivity index (χ0) is 18.0. The van der Waals surface area contributed by atoms with Crippen LogP contribution >= 0.6 is 11.6 Å². The minimum Gasteiger partial charge on any atom is -0.260 e. The number of halogens is 4. The van der Waals surface area contributed by atoms with Crippen molar-refractivity contribution in [3.63, 3.8) is 0 Å². The second-order valence-corrected chi connectivity index (χ2v) is 5.80. The minimum atomic E-state index is -4.49. The number of hydrazone groups is 1. The number of fused-ring (bicyclic) bond motifs is 1. The number of anilines is 1. The number of nitrogens with zero attached hydrogens (tertiary/aromatic N) is 2. The second kappa shape index (κ2) is 6.72. The van der Waals surface area contributed by atoms with Crippen molar-refractivity contribution in [2.24, 2.45) is 5.10 Å². The summed E-state index contributed by atoms with van der Waals surface area (Å²) in [6.45, 7) is 1.80. The third-order valence-corrected chi connectivity index (χ3v) is 3.97. The van der Waals surface area contributed by atoms with E-state index in [-0.39, 0.29) is 10.8 Å².